The minimum atomic E-state index is 0.0604. The van der Waals surface area contributed by atoms with Crippen LogP contribution in [-0.4, -0.2) is 17.4 Å². The average molecular weight is 326 g/mol. The molecule has 0 unspecified atom stereocenters. The first-order valence-corrected chi connectivity index (χ1v) is 8.40. The summed E-state index contributed by atoms with van der Waals surface area (Å²) in [5.74, 6) is 0.0604. The second kappa shape index (κ2) is 6.73. The van der Waals surface area contributed by atoms with Gasteiger partial charge in [0.15, 0.2) is 0 Å². The molecule has 0 atom stereocenters. The Labute approximate surface area is 147 Å². The van der Waals surface area contributed by atoms with E-state index in [2.05, 4.69) is 23.2 Å². The lowest BCUT2D eigenvalue weighted by molar-refractivity contribution is 0.0989. The second-order valence-corrected chi connectivity index (χ2v) is 6.05. The van der Waals surface area contributed by atoms with Gasteiger partial charge in [0.25, 0.3) is 5.91 Å². The highest BCUT2D eigenvalue weighted by atomic mass is 16.2. The molecule has 2 aromatic carbocycles. The van der Waals surface area contributed by atoms with Crippen molar-refractivity contribution in [2.75, 3.05) is 11.4 Å². The molecule has 3 heteroatoms. The van der Waals surface area contributed by atoms with Crippen LogP contribution < -0.4 is 4.90 Å². The van der Waals surface area contributed by atoms with E-state index in [9.17, 15) is 4.79 Å². The van der Waals surface area contributed by atoms with Crippen molar-refractivity contribution in [2.24, 2.45) is 0 Å². The maximum Gasteiger partial charge on any atom is 0.258 e. The zero-order valence-corrected chi connectivity index (χ0v) is 13.8. The molecule has 4 rings (SSSR count). The van der Waals surface area contributed by atoms with Gasteiger partial charge in [-0.25, -0.2) is 0 Å². The summed E-state index contributed by atoms with van der Waals surface area (Å²) in [5, 5.41) is 0. The molecule has 0 saturated heterocycles. The summed E-state index contributed by atoms with van der Waals surface area (Å²) < 4.78 is 0. The Morgan fingerprint density at radius 1 is 0.960 bits per heavy atom. The number of carbonyl (C=O) groups is 1. The van der Waals surface area contributed by atoms with Gasteiger partial charge in [-0.1, -0.05) is 42.5 Å². The number of aromatic nitrogens is 1. The summed E-state index contributed by atoms with van der Waals surface area (Å²) in [5.41, 5.74) is 4.94. The Morgan fingerprint density at radius 2 is 1.80 bits per heavy atom. The molecule has 0 bridgehead atoms. The predicted molar refractivity (Wildman–Crippen MR) is 101 cm³/mol. The molecule has 0 spiro atoms. The third kappa shape index (κ3) is 3.22. The van der Waals surface area contributed by atoms with Gasteiger partial charge in [0.1, 0.15) is 0 Å². The summed E-state index contributed by atoms with van der Waals surface area (Å²) in [6.45, 7) is 0.733. The Kier molecular flexibility index (Phi) is 4.13. The van der Waals surface area contributed by atoms with Crippen molar-refractivity contribution in [3.63, 3.8) is 0 Å². The van der Waals surface area contributed by atoms with Crippen molar-refractivity contribution in [3.8, 4) is 0 Å². The minimum Gasteiger partial charge on any atom is -0.308 e. The highest BCUT2D eigenvalue weighted by molar-refractivity contribution is 6.07. The SMILES string of the molecule is O=C(c1ccccc1)N1CCc2ccc(/C=C/c3ccccn3)cc21. The van der Waals surface area contributed by atoms with E-state index >= 15 is 0 Å². The molecule has 3 nitrogen and oxygen atoms in total. The fourth-order valence-corrected chi connectivity index (χ4v) is 3.10. The Hall–Kier alpha value is -3.20. The van der Waals surface area contributed by atoms with Crippen molar-refractivity contribution >= 4 is 23.7 Å². The summed E-state index contributed by atoms with van der Waals surface area (Å²) in [4.78, 5) is 19.0. The van der Waals surface area contributed by atoms with Crippen molar-refractivity contribution in [1.82, 2.24) is 4.98 Å². The molecule has 0 saturated carbocycles. The summed E-state index contributed by atoms with van der Waals surface area (Å²) in [6.07, 6.45) is 6.70. The molecule has 1 aromatic heterocycles. The number of nitrogens with zero attached hydrogens (tertiary/aromatic N) is 2. The molecule has 0 aliphatic carbocycles. The fourth-order valence-electron chi connectivity index (χ4n) is 3.10. The van der Waals surface area contributed by atoms with Crippen LogP contribution in [0.25, 0.3) is 12.2 Å². The molecule has 122 valence electrons. The van der Waals surface area contributed by atoms with Gasteiger partial charge in [-0.15, -0.1) is 0 Å². The highest BCUT2D eigenvalue weighted by Gasteiger charge is 2.25. The minimum absolute atomic E-state index is 0.0604. The topological polar surface area (TPSA) is 33.2 Å². The third-order valence-electron chi connectivity index (χ3n) is 4.41. The average Bonchev–Trinajstić information content (AvgIpc) is 3.10. The number of benzene rings is 2. The smallest absolute Gasteiger partial charge is 0.258 e. The Bertz CT molecular complexity index is 917. The molecule has 0 N–H and O–H groups in total. The lowest BCUT2D eigenvalue weighted by Crippen LogP contribution is -2.28. The number of pyridine rings is 1. The van der Waals surface area contributed by atoms with E-state index in [0.29, 0.717) is 0 Å². The van der Waals surface area contributed by atoms with E-state index < -0.39 is 0 Å². The first-order chi connectivity index (χ1) is 12.3. The molecule has 0 radical (unpaired) electrons. The van der Waals surface area contributed by atoms with Crippen LogP contribution in [0.15, 0.2) is 72.9 Å². The van der Waals surface area contributed by atoms with Gasteiger partial charge in [-0.05, 0) is 54.0 Å². The van der Waals surface area contributed by atoms with Gasteiger partial charge < -0.3 is 4.90 Å². The van der Waals surface area contributed by atoms with E-state index in [0.717, 1.165) is 35.5 Å². The zero-order chi connectivity index (χ0) is 17.1. The normalized spacial score (nSPS) is 13.2. The molecule has 1 aliphatic heterocycles. The number of hydrogen-bond acceptors (Lipinski definition) is 2. The van der Waals surface area contributed by atoms with Crippen LogP contribution in [0.4, 0.5) is 5.69 Å². The molecular weight excluding hydrogens is 308 g/mol. The zero-order valence-electron chi connectivity index (χ0n) is 13.8. The lowest BCUT2D eigenvalue weighted by Gasteiger charge is -2.17. The van der Waals surface area contributed by atoms with Crippen molar-refractivity contribution < 1.29 is 4.79 Å². The molecular formula is C22H18N2O. The highest BCUT2D eigenvalue weighted by Crippen LogP contribution is 2.31. The Morgan fingerprint density at radius 3 is 2.60 bits per heavy atom. The van der Waals surface area contributed by atoms with Crippen LogP contribution in [0.1, 0.15) is 27.2 Å². The maximum atomic E-state index is 12.8. The van der Waals surface area contributed by atoms with Crippen LogP contribution >= 0.6 is 0 Å². The second-order valence-electron chi connectivity index (χ2n) is 6.05. The van der Waals surface area contributed by atoms with E-state index in [-0.39, 0.29) is 5.91 Å². The predicted octanol–water partition coefficient (Wildman–Crippen LogP) is 4.45. The number of rotatable bonds is 3. The molecule has 2 heterocycles. The van der Waals surface area contributed by atoms with Gasteiger partial charge in [0.2, 0.25) is 0 Å². The number of fused-ring (bicyclic) bond motifs is 1. The fraction of sp³-hybridized carbons (Fsp3) is 0.0909. The number of amides is 1. The van der Waals surface area contributed by atoms with Gasteiger partial charge in [-0.3, -0.25) is 9.78 Å². The standard InChI is InChI=1S/C22H18N2O/c25-22(19-6-2-1-3-7-19)24-15-13-18-11-9-17(16-21(18)24)10-12-20-8-4-5-14-23-20/h1-12,14,16H,13,15H2/b12-10+. The van der Waals surface area contributed by atoms with Crippen LogP contribution in [0.5, 0.6) is 0 Å². The number of carbonyl (C=O) groups excluding carboxylic acids is 1. The molecule has 25 heavy (non-hydrogen) atoms. The van der Waals surface area contributed by atoms with Crippen molar-refractivity contribution in [3.05, 3.63) is 95.3 Å². The van der Waals surface area contributed by atoms with Gasteiger partial charge >= 0.3 is 0 Å². The van der Waals surface area contributed by atoms with Crippen LogP contribution in [0, 0.1) is 0 Å². The first-order valence-electron chi connectivity index (χ1n) is 8.40. The summed E-state index contributed by atoms with van der Waals surface area (Å²) in [7, 11) is 0. The third-order valence-corrected chi connectivity index (χ3v) is 4.41. The maximum absolute atomic E-state index is 12.8. The van der Waals surface area contributed by atoms with Crippen molar-refractivity contribution in [2.45, 2.75) is 6.42 Å². The lowest BCUT2D eigenvalue weighted by atomic mass is 10.1. The molecule has 1 aliphatic rings. The van der Waals surface area contributed by atoms with Crippen LogP contribution in [0.2, 0.25) is 0 Å². The number of hydrogen-bond donors (Lipinski definition) is 0. The molecule has 1 amide bonds. The van der Waals surface area contributed by atoms with E-state index in [1.807, 2.05) is 65.6 Å². The van der Waals surface area contributed by atoms with Gasteiger partial charge in [-0.2, -0.15) is 0 Å². The van der Waals surface area contributed by atoms with Crippen LogP contribution in [0.3, 0.4) is 0 Å². The van der Waals surface area contributed by atoms with Crippen molar-refractivity contribution in [1.29, 1.82) is 0 Å². The Balaban J connectivity index is 1.61. The van der Waals surface area contributed by atoms with E-state index in [1.54, 1.807) is 6.20 Å². The monoisotopic (exact) mass is 326 g/mol. The summed E-state index contributed by atoms with van der Waals surface area (Å²) in [6, 6.07) is 21.6. The molecule has 3 aromatic rings. The summed E-state index contributed by atoms with van der Waals surface area (Å²) >= 11 is 0. The first kappa shape index (κ1) is 15.3. The van der Waals surface area contributed by atoms with E-state index in [4.69, 9.17) is 0 Å². The largest absolute Gasteiger partial charge is 0.308 e. The quantitative estimate of drug-likeness (QED) is 0.712. The number of anilines is 1. The van der Waals surface area contributed by atoms with Crippen LogP contribution in [-0.2, 0) is 6.42 Å². The van der Waals surface area contributed by atoms with Gasteiger partial charge in [0, 0.05) is 24.0 Å². The van der Waals surface area contributed by atoms with Gasteiger partial charge in [0.05, 0.1) is 5.69 Å². The molecule has 0 fully saturated rings. The van der Waals surface area contributed by atoms with E-state index in [1.165, 1.54) is 5.56 Å².